The zero-order chi connectivity index (χ0) is 21.2. The molecule has 2 aromatic heterocycles. The van der Waals surface area contributed by atoms with Crippen molar-refractivity contribution in [3.8, 4) is 11.1 Å². The van der Waals surface area contributed by atoms with Gasteiger partial charge in [-0.15, -0.1) is 0 Å². The van der Waals surface area contributed by atoms with Crippen LogP contribution in [0.1, 0.15) is 18.4 Å². The lowest BCUT2D eigenvalue weighted by molar-refractivity contribution is -0.384. The van der Waals surface area contributed by atoms with Gasteiger partial charge < -0.3 is 9.32 Å². The first-order valence-corrected chi connectivity index (χ1v) is 10.3. The van der Waals surface area contributed by atoms with Gasteiger partial charge in [-0.05, 0) is 53.8 Å². The fourth-order valence-corrected chi connectivity index (χ4v) is 4.08. The number of pyridine rings is 1. The largest absolute Gasteiger partial charge is 0.464 e. The van der Waals surface area contributed by atoms with Crippen LogP contribution in [0.15, 0.2) is 83.1 Å². The molecule has 1 aliphatic rings. The Morgan fingerprint density at radius 2 is 1.77 bits per heavy atom. The number of aromatic nitrogens is 1. The molecule has 31 heavy (non-hydrogen) atoms. The van der Waals surface area contributed by atoms with Crippen LogP contribution in [0.25, 0.3) is 28.2 Å². The average molecular weight is 411 g/mol. The summed E-state index contributed by atoms with van der Waals surface area (Å²) in [4.78, 5) is 17.2. The molecule has 1 fully saturated rings. The highest BCUT2D eigenvalue weighted by molar-refractivity contribution is 5.83. The quantitative estimate of drug-likeness (QED) is 0.300. The van der Waals surface area contributed by atoms with Crippen molar-refractivity contribution in [3.05, 3.63) is 94.4 Å². The van der Waals surface area contributed by atoms with Crippen molar-refractivity contribution >= 4 is 28.6 Å². The summed E-state index contributed by atoms with van der Waals surface area (Å²) in [6.45, 7) is 1.46. The molecule has 6 nitrogen and oxygen atoms in total. The van der Waals surface area contributed by atoms with Gasteiger partial charge in [-0.2, -0.15) is 0 Å². The molecule has 3 heterocycles. The van der Waals surface area contributed by atoms with E-state index in [1.807, 2.05) is 17.0 Å². The summed E-state index contributed by atoms with van der Waals surface area (Å²) in [5, 5.41) is 12.4. The molecule has 0 bridgehead atoms. The van der Waals surface area contributed by atoms with Gasteiger partial charge in [0.1, 0.15) is 5.58 Å². The number of hydrogen-bond donors (Lipinski definition) is 0. The highest BCUT2D eigenvalue weighted by atomic mass is 16.6. The molecule has 5 rings (SSSR count). The number of nitro groups is 1. The van der Waals surface area contributed by atoms with E-state index < -0.39 is 0 Å². The molecule has 1 saturated heterocycles. The van der Waals surface area contributed by atoms with Crippen molar-refractivity contribution in [3.63, 3.8) is 0 Å². The third-order valence-corrected chi connectivity index (χ3v) is 5.74. The van der Waals surface area contributed by atoms with Crippen LogP contribution < -0.4 is 4.90 Å². The maximum Gasteiger partial charge on any atom is 0.311 e. The molecular formula is C25H21N3O3. The third kappa shape index (κ3) is 3.92. The second kappa shape index (κ2) is 8.07. The van der Waals surface area contributed by atoms with E-state index in [4.69, 9.17) is 4.42 Å². The Morgan fingerprint density at radius 3 is 2.55 bits per heavy atom. The van der Waals surface area contributed by atoms with Crippen molar-refractivity contribution in [1.29, 1.82) is 0 Å². The molecule has 0 spiro atoms. The molecule has 0 radical (unpaired) electrons. The normalized spacial score (nSPS) is 14.1. The molecule has 0 amide bonds. The smallest absolute Gasteiger partial charge is 0.311 e. The predicted octanol–water partition coefficient (Wildman–Crippen LogP) is 6.09. The standard InChI is InChI=1S/C25H21N3O3/c29-28(30)23-2-1-12-26-25(23)27-13-9-19(10-14-27)16-18-3-5-20(6-4-18)21-7-8-24-22(17-21)11-15-31-24/h1-8,11-12,15-17H,9-10,13-14H2. The van der Waals surface area contributed by atoms with Crippen molar-refractivity contribution in [2.75, 3.05) is 18.0 Å². The van der Waals surface area contributed by atoms with Crippen LogP contribution in [0.3, 0.4) is 0 Å². The Labute approximate surface area is 179 Å². The van der Waals surface area contributed by atoms with E-state index >= 15 is 0 Å². The van der Waals surface area contributed by atoms with Crippen LogP contribution in [0, 0.1) is 10.1 Å². The lowest BCUT2D eigenvalue weighted by Crippen LogP contribution is -2.31. The van der Waals surface area contributed by atoms with Gasteiger partial charge in [0, 0.05) is 30.7 Å². The number of anilines is 1. The predicted molar refractivity (Wildman–Crippen MR) is 122 cm³/mol. The summed E-state index contributed by atoms with van der Waals surface area (Å²) in [5.74, 6) is 0.463. The van der Waals surface area contributed by atoms with Gasteiger partial charge in [-0.25, -0.2) is 4.98 Å². The van der Waals surface area contributed by atoms with Gasteiger partial charge in [-0.1, -0.05) is 42.0 Å². The number of benzene rings is 2. The van der Waals surface area contributed by atoms with E-state index in [9.17, 15) is 10.1 Å². The molecule has 0 aliphatic carbocycles. The Kier molecular flexibility index (Phi) is 4.96. The number of hydrogen-bond acceptors (Lipinski definition) is 5. The van der Waals surface area contributed by atoms with Crippen LogP contribution >= 0.6 is 0 Å². The summed E-state index contributed by atoms with van der Waals surface area (Å²) in [6, 6.07) is 19.9. The molecule has 1 aliphatic heterocycles. The van der Waals surface area contributed by atoms with Gasteiger partial charge in [0.2, 0.25) is 5.82 Å². The van der Waals surface area contributed by atoms with E-state index in [1.165, 1.54) is 28.3 Å². The molecule has 0 saturated carbocycles. The van der Waals surface area contributed by atoms with E-state index in [0.717, 1.165) is 36.9 Å². The van der Waals surface area contributed by atoms with Crippen LogP contribution in [0.5, 0.6) is 0 Å². The summed E-state index contributed by atoms with van der Waals surface area (Å²) in [6.07, 6.45) is 7.28. The first-order valence-electron chi connectivity index (χ1n) is 10.3. The topological polar surface area (TPSA) is 72.4 Å². The summed E-state index contributed by atoms with van der Waals surface area (Å²) in [7, 11) is 0. The highest BCUT2D eigenvalue weighted by Gasteiger charge is 2.23. The van der Waals surface area contributed by atoms with Crippen LogP contribution in [-0.2, 0) is 0 Å². The van der Waals surface area contributed by atoms with Crippen molar-refractivity contribution in [2.45, 2.75) is 12.8 Å². The zero-order valence-electron chi connectivity index (χ0n) is 16.9. The molecule has 6 heteroatoms. The lowest BCUT2D eigenvalue weighted by atomic mass is 9.98. The maximum atomic E-state index is 11.3. The molecule has 2 aromatic carbocycles. The second-order valence-corrected chi connectivity index (χ2v) is 7.69. The maximum absolute atomic E-state index is 11.3. The van der Waals surface area contributed by atoms with Crippen LogP contribution in [-0.4, -0.2) is 23.0 Å². The van der Waals surface area contributed by atoms with E-state index in [-0.39, 0.29) is 10.6 Å². The van der Waals surface area contributed by atoms with Gasteiger partial charge in [0.05, 0.1) is 11.2 Å². The zero-order valence-corrected chi connectivity index (χ0v) is 16.9. The minimum absolute atomic E-state index is 0.0686. The number of rotatable bonds is 4. The van der Waals surface area contributed by atoms with E-state index in [2.05, 4.69) is 47.5 Å². The monoisotopic (exact) mass is 411 g/mol. The lowest BCUT2D eigenvalue weighted by Gasteiger charge is -2.29. The summed E-state index contributed by atoms with van der Waals surface area (Å²) < 4.78 is 5.42. The summed E-state index contributed by atoms with van der Waals surface area (Å²) in [5.41, 5.74) is 5.82. The summed E-state index contributed by atoms with van der Waals surface area (Å²) >= 11 is 0. The Balaban J connectivity index is 1.28. The fraction of sp³-hybridized carbons (Fsp3) is 0.160. The van der Waals surface area contributed by atoms with Crippen molar-refractivity contribution in [2.24, 2.45) is 0 Å². The molecule has 154 valence electrons. The second-order valence-electron chi connectivity index (χ2n) is 7.69. The minimum Gasteiger partial charge on any atom is -0.464 e. The van der Waals surface area contributed by atoms with Crippen molar-refractivity contribution < 1.29 is 9.34 Å². The molecule has 0 unspecified atom stereocenters. The third-order valence-electron chi connectivity index (χ3n) is 5.74. The van der Waals surface area contributed by atoms with Gasteiger partial charge in [0.15, 0.2) is 0 Å². The molecule has 4 aromatic rings. The molecular weight excluding hydrogens is 390 g/mol. The Hall–Kier alpha value is -3.93. The number of furan rings is 1. The minimum atomic E-state index is -0.362. The molecule has 0 atom stereocenters. The highest BCUT2D eigenvalue weighted by Crippen LogP contribution is 2.30. The number of fused-ring (bicyclic) bond motifs is 1. The van der Waals surface area contributed by atoms with Crippen LogP contribution in [0.2, 0.25) is 0 Å². The van der Waals surface area contributed by atoms with Crippen LogP contribution in [0.4, 0.5) is 11.5 Å². The first-order chi connectivity index (χ1) is 15.2. The van der Waals surface area contributed by atoms with E-state index in [0.29, 0.717) is 5.82 Å². The number of nitrogens with zero attached hydrogens (tertiary/aromatic N) is 3. The van der Waals surface area contributed by atoms with Gasteiger partial charge in [0.25, 0.3) is 0 Å². The fourth-order valence-electron chi connectivity index (χ4n) is 4.08. The Bertz CT molecular complexity index is 1260. The first kappa shape index (κ1) is 19.1. The van der Waals surface area contributed by atoms with Gasteiger partial charge in [-0.3, -0.25) is 10.1 Å². The van der Waals surface area contributed by atoms with Gasteiger partial charge >= 0.3 is 5.69 Å². The number of piperidine rings is 1. The average Bonchev–Trinajstić information content (AvgIpc) is 3.28. The van der Waals surface area contributed by atoms with E-state index in [1.54, 1.807) is 18.5 Å². The Morgan fingerprint density at radius 1 is 1.00 bits per heavy atom. The van der Waals surface area contributed by atoms with Crippen molar-refractivity contribution in [1.82, 2.24) is 4.98 Å². The SMILES string of the molecule is O=[N+]([O-])c1cccnc1N1CCC(=Cc2ccc(-c3ccc4occc4c3)cc2)CC1. The molecule has 0 N–H and O–H groups in total.